The van der Waals surface area contributed by atoms with Crippen LogP contribution in [0.15, 0.2) is 182 Å². The van der Waals surface area contributed by atoms with E-state index in [0.29, 0.717) is 0 Å². The van der Waals surface area contributed by atoms with Crippen LogP contribution in [0.25, 0.3) is 32.7 Å². The zero-order valence-corrected chi connectivity index (χ0v) is 27.2. The number of hydrogen-bond acceptors (Lipinski definition) is 2. The van der Waals surface area contributed by atoms with Crippen LogP contribution in [0.1, 0.15) is 0 Å². The van der Waals surface area contributed by atoms with E-state index in [9.17, 15) is 0 Å². The Morgan fingerprint density at radius 3 is 1.10 bits per heavy atom. The minimum atomic E-state index is 1.12. The van der Waals surface area contributed by atoms with Gasteiger partial charge in [0, 0.05) is 33.5 Å². The summed E-state index contributed by atoms with van der Waals surface area (Å²) in [5.41, 5.74) is 11.7. The average Bonchev–Trinajstić information content (AvgIpc) is 3.13. The first kappa shape index (κ1) is 29.4. The molecule has 8 rings (SSSR count). The highest BCUT2D eigenvalue weighted by atomic mass is 15.1. The van der Waals surface area contributed by atoms with Gasteiger partial charge in [0.1, 0.15) is 15.7 Å². The van der Waals surface area contributed by atoms with E-state index in [2.05, 4.69) is 207 Å². The van der Waals surface area contributed by atoms with E-state index < -0.39 is 0 Å². The van der Waals surface area contributed by atoms with Gasteiger partial charge in [0.25, 0.3) is 0 Å². The summed E-state index contributed by atoms with van der Waals surface area (Å²) in [4.78, 5) is 4.73. The van der Waals surface area contributed by atoms with Crippen LogP contribution in [-0.4, -0.2) is 15.7 Å². The van der Waals surface area contributed by atoms with Crippen LogP contribution in [0.5, 0.6) is 0 Å². The van der Waals surface area contributed by atoms with Crippen molar-refractivity contribution in [3.8, 4) is 11.1 Å². The lowest BCUT2D eigenvalue weighted by molar-refractivity contribution is 1.30. The molecule has 0 bridgehead atoms. The van der Waals surface area contributed by atoms with Gasteiger partial charge in [0.15, 0.2) is 0 Å². The molecule has 8 aromatic carbocycles. The summed E-state index contributed by atoms with van der Waals surface area (Å²) in [5.74, 6) is 0. The molecule has 0 aliphatic heterocycles. The van der Waals surface area contributed by atoms with Gasteiger partial charge in [-0.05, 0) is 82.6 Å². The minimum absolute atomic E-state index is 1.12. The molecule has 8 aromatic rings. The van der Waals surface area contributed by atoms with Crippen molar-refractivity contribution >= 4 is 82.3 Å². The molecule has 0 atom stereocenters. The monoisotopic (exact) mass is 612 g/mol. The van der Waals surface area contributed by atoms with Crippen molar-refractivity contribution in [2.24, 2.45) is 0 Å². The van der Waals surface area contributed by atoms with Gasteiger partial charge < -0.3 is 9.80 Å². The van der Waals surface area contributed by atoms with Crippen molar-refractivity contribution in [1.29, 1.82) is 0 Å². The molecule has 0 aliphatic rings. The molecule has 2 nitrogen and oxygen atoms in total. The topological polar surface area (TPSA) is 6.48 Å². The molecule has 0 saturated carbocycles. The van der Waals surface area contributed by atoms with Gasteiger partial charge in [-0.15, -0.1) is 0 Å². The first-order chi connectivity index (χ1) is 23.6. The number of hydrogen-bond donors (Lipinski definition) is 0. The van der Waals surface area contributed by atoms with Crippen LogP contribution >= 0.6 is 0 Å². The van der Waals surface area contributed by atoms with E-state index >= 15 is 0 Å². The van der Waals surface area contributed by atoms with E-state index in [4.69, 9.17) is 0 Å². The van der Waals surface area contributed by atoms with Crippen molar-refractivity contribution < 1.29 is 0 Å². The van der Waals surface area contributed by atoms with Gasteiger partial charge in [0.2, 0.25) is 0 Å². The van der Waals surface area contributed by atoms with Gasteiger partial charge in [-0.2, -0.15) is 0 Å². The Bertz CT molecular complexity index is 2200. The van der Waals surface area contributed by atoms with Crippen molar-refractivity contribution in [2.75, 3.05) is 9.80 Å². The molecular weight excluding hydrogens is 578 g/mol. The number of nitrogens with zero attached hydrogens (tertiary/aromatic N) is 2. The van der Waals surface area contributed by atoms with Crippen LogP contribution in [0.4, 0.5) is 34.1 Å². The van der Waals surface area contributed by atoms with E-state index in [1.54, 1.807) is 0 Å². The third-order valence-corrected chi connectivity index (χ3v) is 9.12. The smallest absolute Gasteiger partial charge is 0.139 e. The van der Waals surface area contributed by atoms with Gasteiger partial charge >= 0.3 is 0 Å². The molecule has 0 aromatic heterocycles. The summed E-state index contributed by atoms with van der Waals surface area (Å²) in [6.45, 7) is 0. The van der Waals surface area contributed by atoms with Gasteiger partial charge in [0.05, 0.1) is 11.4 Å². The maximum atomic E-state index is 2.37. The third kappa shape index (κ3) is 5.63. The molecule has 0 radical (unpaired) electrons. The van der Waals surface area contributed by atoms with Crippen LogP contribution in [-0.2, 0) is 0 Å². The summed E-state index contributed by atoms with van der Waals surface area (Å²) in [6, 6.07) is 65.7. The quantitative estimate of drug-likeness (QED) is 0.166. The van der Waals surface area contributed by atoms with E-state index in [1.165, 1.54) is 55.0 Å². The van der Waals surface area contributed by atoms with E-state index in [1.807, 2.05) is 0 Å². The molecular formula is C44H34B2N2. The van der Waals surface area contributed by atoms with E-state index in [-0.39, 0.29) is 0 Å². The molecule has 0 heterocycles. The number of benzene rings is 8. The second-order valence-corrected chi connectivity index (χ2v) is 12.4. The Hall–Kier alpha value is -5.99. The maximum Gasteiger partial charge on any atom is 0.139 e. The normalized spacial score (nSPS) is 11.1. The predicted molar refractivity (Wildman–Crippen MR) is 213 cm³/mol. The first-order valence-corrected chi connectivity index (χ1v) is 16.5. The summed E-state index contributed by atoms with van der Waals surface area (Å²) in [7, 11) is 4.30. The Balaban J connectivity index is 1.17. The third-order valence-electron chi connectivity index (χ3n) is 9.12. The number of rotatable bonds is 7. The molecule has 0 saturated heterocycles. The lowest BCUT2D eigenvalue weighted by atomic mass is 9.95. The molecule has 0 aliphatic carbocycles. The van der Waals surface area contributed by atoms with Crippen LogP contribution in [0.2, 0.25) is 0 Å². The van der Waals surface area contributed by atoms with Crippen LogP contribution in [0, 0.1) is 0 Å². The zero-order valence-electron chi connectivity index (χ0n) is 27.2. The Kier molecular flexibility index (Phi) is 7.76. The number of fused-ring (bicyclic) bond motifs is 2. The fraction of sp³-hybridized carbons (Fsp3) is 0. The van der Waals surface area contributed by atoms with Gasteiger partial charge in [-0.3, -0.25) is 0 Å². The van der Waals surface area contributed by atoms with E-state index in [0.717, 1.165) is 22.7 Å². The fourth-order valence-corrected chi connectivity index (χ4v) is 6.80. The second-order valence-electron chi connectivity index (χ2n) is 12.4. The summed E-state index contributed by atoms with van der Waals surface area (Å²) < 4.78 is 0. The lowest BCUT2D eigenvalue weighted by Gasteiger charge is -2.28. The Labute approximate surface area is 284 Å². The lowest BCUT2D eigenvalue weighted by Crippen LogP contribution is -2.13. The van der Waals surface area contributed by atoms with Gasteiger partial charge in [-0.1, -0.05) is 132 Å². The Morgan fingerprint density at radius 2 is 0.688 bits per heavy atom. The second kappa shape index (κ2) is 12.7. The number of anilines is 6. The molecule has 0 unspecified atom stereocenters. The van der Waals surface area contributed by atoms with Crippen molar-refractivity contribution in [3.63, 3.8) is 0 Å². The highest BCUT2D eigenvalue weighted by molar-refractivity contribution is 6.33. The highest BCUT2D eigenvalue weighted by Gasteiger charge is 2.17. The van der Waals surface area contributed by atoms with Crippen molar-refractivity contribution in [2.45, 2.75) is 0 Å². The molecule has 4 heteroatoms. The molecule has 0 fully saturated rings. The largest absolute Gasteiger partial charge is 0.310 e. The first-order valence-electron chi connectivity index (χ1n) is 16.5. The molecule has 226 valence electrons. The fourth-order valence-electron chi connectivity index (χ4n) is 6.80. The maximum absolute atomic E-state index is 2.37. The molecule has 0 amide bonds. The Morgan fingerprint density at radius 1 is 0.312 bits per heavy atom. The average molecular weight is 612 g/mol. The minimum Gasteiger partial charge on any atom is -0.310 e. The predicted octanol–water partition coefficient (Wildman–Crippen LogP) is 9.12. The van der Waals surface area contributed by atoms with Crippen LogP contribution < -0.4 is 20.7 Å². The summed E-state index contributed by atoms with van der Waals surface area (Å²) in [6.07, 6.45) is 0. The summed E-state index contributed by atoms with van der Waals surface area (Å²) >= 11 is 0. The summed E-state index contributed by atoms with van der Waals surface area (Å²) in [5, 5.41) is 4.91. The van der Waals surface area contributed by atoms with Gasteiger partial charge in [-0.25, -0.2) is 0 Å². The van der Waals surface area contributed by atoms with Crippen LogP contribution in [0.3, 0.4) is 0 Å². The van der Waals surface area contributed by atoms with Crippen molar-refractivity contribution in [1.82, 2.24) is 0 Å². The zero-order chi connectivity index (χ0) is 32.5. The SMILES string of the molecule is Bc1cccc(N(c2ccc(-c3ccc(N(c4cccc(B)c4)c4cccc5ccccc45)cc3)cc2)c2cccc3ccccc23)c1. The molecule has 48 heavy (non-hydrogen) atoms. The highest BCUT2D eigenvalue weighted by Crippen LogP contribution is 2.41. The molecule has 0 spiro atoms. The standard InChI is InChI=1S/C44H34B2N2/c45-35-13-7-15-39(29-35)47(43-19-5-11-33-9-1-3-17-41(33)43)37-25-21-31(22-26-37)32-23-27-38(28-24-32)48(40-16-8-14-36(46)30-40)44-20-6-12-34-10-2-4-18-42(34)44/h1-30H,45-46H2. The van der Waals surface area contributed by atoms with Crippen molar-refractivity contribution in [3.05, 3.63) is 182 Å². The molecule has 0 N–H and O–H groups in total.